The lowest BCUT2D eigenvalue weighted by atomic mass is 10.3. The number of nitrogens with two attached hydrogens (primary N) is 1. The highest BCUT2D eigenvalue weighted by molar-refractivity contribution is 6.30. The van der Waals surface area contributed by atoms with Crippen LogP contribution in [-0.2, 0) is 4.74 Å². The maximum atomic E-state index is 5.88. The number of anilines is 1. The van der Waals surface area contributed by atoms with E-state index in [0.717, 1.165) is 32.8 Å². The zero-order valence-corrected chi connectivity index (χ0v) is 10.4. The van der Waals surface area contributed by atoms with Crippen molar-refractivity contribution in [1.29, 1.82) is 0 Å². The lowest BCUT2D eigenvalue weighted by Gasteiger charge is -2.26. The molecular weight excluding hydrogens is 240 g/mol. The van der Waals surface area contributed by atoms with Crippen LogP contribution in [0, 0.1) is 0 Å². The third kappa shape index (κ3) is 3.77. The van der Waals surface area contributed by atoms with Crippen LogP contribution in [0.2, 0.25) is 5.02 Å². The Morgan fingerprint density at radius 2 is 2.12 bits per heavy atom. The summed E-state index contributed by atoms with van der Waals surface area (Å²) in [7, 11) is 0. The first-order valence-corrected chi connectivity index (χ1v) is 6.11. The van der Waals surface area contributed by atoms with Crippen molar-refractivity contribution in [3.8, 4) is 5.75 Å². The van der Waals surface area contributed by atoms with Gasteiger partial charge in [-0.1, -0.05) is 11.6 Å². The van der Waals surface area contributed by atoms with Gasteiger partial charge in [0.1, 0.15) is 12.4 Å². The number of rotatable bonds is 4. The minimum atomic E-state index is 0.616. The first-order valence-electron chi connectivity index (χ1n) is 5.73. The Morgan fingerprint density at radius 1 is 1.35 bits per heavy atom. The van der Waals surface area contributed by atoms with Crippen LogP contribution in [-0.4, -0.2) is 44.4 Å². The number of benzene rings is 1. The van der Waals surface area contributed by atoms with Gasteiger partial charge in [0.25, 0.3) is 0 Å². The highest BCUT2D eigenvalue weighted by Crippen LogP contribution is 2.25. The Labute approximate surface area is 106 Å². The maximum absolute atomic E-state index is 5.88. The van der Waals surface area contributed by atoms with Crippen molar-refractivity contribution in [1.82, 2.24) is 4.90 Å². The predicted molar refractivity (Wildman–Crippen MR) is 68.6 cm³/mol. The van der Waals surface area contributed by atoms with Crippen LogP contribution in [0.15, 0.2) is 18.2 Å². The van der Waals surface area contributed by atoms with Gasteiger partial charge in [-0.05, 0) is 12.1 Å². The Kier molecular flexibility index (Phi) is 4.48. The number of nitrogen functional groups attached to an aromatic ring is 1. The molecule has 1 aliphatic heterocycles. The maximum Gasteiger partial charge on any atom is 0.143 e. The molecule has 0 amide bonds. The van der Waals surface area contributed by atoms with Crippen molar-refractivity contribution in [2.75, 3.05) is 45.2 Å². The van der Waals surface area contributed by atoms with Gasteiger partial charge >= 0.3 is 0 Å². The molecule has 1 saturated heterocycles. The summed E-state index contributed by atoms with van der Waals surface area (Å²) in [5.41, 5.74) is 6.41. The van der Waals surface area contributed by atoms with E-state index < -0.39 is 0 Å². The van der Waals surface area contributed by atoms with E-state index in [0.29, 0.717) is 23.1 Å². The van der Waals surface area contributed by atoms with E-state index in [9.17, 15) is 0 Å². The minimum Gasteiger partial charge on any atom is -0.490 e. The first-order chi connectivity index (χ1) is 8.25. The third-order valence-electron chi connectivity index (χ3n) is 2.74. The number of halogens is 1. The molecule has 1 aliphatic rings. The van der Waals surface area contributed by atoms with E-state index >= 15 is 0 Å². The lowest BCUT2D eigenvalue weighted by molar-refractivity contribution is 0.0323. The quantitative estimate of drug-likeness (QED) is 0.832. The lowest BCUT2D eigenvalue weighted by Crippen LogP contribution is -2.38. The molecule has 0 saturated carbocycles. The fourth-order valence-electron chi connectivity index (χ4n) is 1.74. The molecule has 1 heterocycles. The second kappa shape index (κ2) is 6.10. The number of ether oxygens (including phenoxy) is 2. The van der Waals surface area contributed by atoms with Crippen LogP contribution in [0.5, 0.6) is 5.75 Å². The Balaban J connectivity index is 1.79. The summed E-state index contributed by atoms with van der Waals surface area (Å²) in [5.74, 6) is 0.658. The topological polar surface area (TPSA) is 47.7 Å². The van der Waals surface area contributed by atoms with Crippen LogP contribution in [0.3, 0.4) is 0 Å². The Morgan fingerprint density at radius 3 is 2.88 bits per heavy atom. The third-order valence-corrected chi connectivity index (χ3v) is 2.98. The normalized spacial score (nSPS) is 17.0. The molecule has 0 bridgehead atoms. The van der Waals surface area contributed by atoms with E-state index in [1.54, 1.807) is 18.2 Å². The number of hydrogen-bond donors (Lipinski definition) is 1. The molecule has 0 radical (unpaired) electrons. The molecule has 5 heteroatoms. The van der Waals surface area contributed by atoms with Gasteiger partial charge in [-0.15, -0.1) is 0 Å². The standard InChI is InChI=1S/C12H17ClN2O2/c13-10-1-2-11(14)12(9-10)17-8-5-15-3-6-16-7-4-15/h1-2,9H,3-8,14H2. The van der Waals surface area contributed by atoms with E-state index in [-0.39, 0.29) is 0 Å². The van der Waals surface area contributed by atoms with Gasteiger partial charge in [0, 0.05) is 30.7 Å². The van der Waals surface area contributed by atoms with Crippen LogP contribution in [0.4, 0.5) is 5.69 Å². The fraction of sp³-hybridized carbons (Fsp3) is 0.500. The van der Waals surface area contributed by atoms with Gasteiger partial charge < -0.3 is 15.2 Å². The summed E-state index contributed by atoms with van der Waals surface area (Å²) in [6.07, 6.45) is 0. The summed E-state index contributed by atoms with van der Waals surface area (Å²) in [5, 5.41) is 0.639. The van der Waals surface area contributed by atoms with E-state index in [4.69, 9.17) is 26.8 Å². The minimum absolute atomic E-state index is 0.616. The molecule has 0 aliphatic carbocycles. The molecular formula is C12H17ClN2O2. The van der Waals surface area contributed by atoms with Gasteiger partial charge in [-0.25, -0.2) is 0 Å². The Hall–Kier alpha value is -0.970. The van der Waals surface area contributed by atoms with Gasteiger partial charge in [-0.2, -0.15) is 0 Å². The zero-order chi connectivity index (χ0) is 12.1. The molecule has 0 atom stereocenters. The van der Waals surface area contributed by atoms with Crippen LogP contribution < -0.4 is 10.5 Å². The molecule has 0 unspecified atom stereocenters. The van der Waals surface area contributed by atoms with Crippen LogP contribution in [0.25, 0.3) is 0 Å². The van der Waals surface area contributed by atoms with E-state index in [1.807, 2.05) is 0 Å². The van der Waals surface area contributed by atoms with Gasteiger partial charge in [0.2, 0.25) is 0 Å². The first kappa shape index (κ1) is 12.5. The number of morpholine rings is 1. The molecule has 2 N–H and O–H groups in total. The largest absolute Gasteiger partial charge is 0.490 e. The molecule has 1 aromatic carbocycles. The SMILES string of the molecule is Nc1ccc(Cl)cc1OCCN1CCOCC1. The molecule has 0 aromatic heterocycles. The van der Waals surface area contributed by atoms with Crippen molar-refractivity contribution in [2.45, 2.75) is 0 Å². The average Bonchev–Trinajstić information content (AvgIpc) is 2.35. The smallest absolute Gasteiger partial charge is 0.143 e. The average molecular weight is 257 g/mol. The zero-order valence-electron chi connectivity index (χ0n) is 9.69. The van der Waals surface area contributed by atoms with Gasteiger partial charge in [0.05, 0.1) is 18.9 Å². The molecule has 0 spiro atoms. The molecule has 17 heavy (non-hydrogen) atoms. The second-order valence-corrected chi connectivity index (χ2v) is 4.42. The van der Waals surface area contributed by atoms with E-state index in [1.165, 1.54) is 0 Å². The van der Waals surface area contributed by atoms with Crippen molar-refractivity contribution < 1.29 is 9.47 Å². The summed E-state index contributed by atoms with van der Waals surface area (Å²) >= 11 is 5.88. The van der Waals surface area contributed by atoms with Crippen molar-refractivity contribution in [3.05, 3.63) is 23.2 Å². The second-order valence-electron chi connectivity index (χ2n) is 3.98. The van der Waals surface area contributed by atoms with Crippen LogP contribution >= 0.6 is 11.6 Å². The molecule has 4 nitrogen and oxygen atoms in total. The Bertz CT molecular complexity index is 368. The van der Waals surface area contributed by atoms with Crippen molar-refractivity contribution in [2.24, 2.45) is 0 Å². The highest BCUT2D eigenvalue weighted by Gasteiger charge is 2.10. The molecule has 94 valence electrons. The molecule has 2 rings (SSSR count). The molecule has 1 aromatic rings. The summed E-state index contributed by atoms with van der Waals surface area (Å²) in [4.78, 5) is 2.31. The monoisotopic (exact) mass is 256 g/mol. The summed E-state index contributed by atoms with van der Waals surface area (Å²) < 4.78 is 10.9. The predicted octanol–water partition coefficient (Wildman–Crippen LogP) is 1.63. The van der Waals surface area contributed by atoms with Gasteiger partial charge in [-0.3, -0.25) is 4.90 Å². The fourth-order valence-corrected chi connectivity index (χ4v) is 1.90. The highest BCUT2D eigenvalue weighted by atomic mass is 35.5. The van der Waals surface area contributed by atoms with Crippen LogP contribution in [0.1, 0.15) is 0 Å². The van der Waals surface area contributed by atoms with E-state index in [2.05, 4.69) is 4.90 Å². The van der Waals surface area contributed by atoms with Gasteiger partial charge in [0.15, 0.2) is 0 Å². The number of hydrogen-bond acceptors (Lipinski definition) is 4. The molecule has 1 fully saturated rings. The van der Waals surface area contributed by atoms with Crippen molar-refractivity contribution in [3.63, 3.8) is 0 Å². The number of nitrogens with zero attached hydrogens (tertiary/aromatic N) is 1. The van der Waals surface area contributed by atoms with Crippen molar-refractivity contribution >= 4 is 17.3 Å². The summed E-state index contributed by atoms with van der Waals surface area (Å²) in [6, 6.07) is 5.26. The summed E-state index contributed by atoms with van der Waals surface area (Å²) in [6.45, 7) is 5.04.